The summed E-state index contributed by atoms with van der Waals surface area (Å²) in [4.78, 5) is 36.5. The lowest BCUT2D eigenvalue weighted by Crippen LogP contribution is -2.33. The van der Waals surface area contributed by atoms with Gasteiger partial charge >= 0.3 is 0 Å². The molecule has 0 unspecified atom stereocenters. The number of fused-ring (bicyclic) bond motifs is 2. The Bertz CT molecular complexity index is 1440. The Hall–Kier alpha value is -4.04. The van der Waals surface area contributed by atoms with E-state index in [0.717, 1.165) is 47.4 Å². The first-order valence-electron chi connectivity index (χ1n) is 12.9. The van der Waals surface area contributed by atoms with Crippen LogP contribution in [0.4, 0.5) is 5.82 Å². The molecule has 0 saturated heterocycles. The molecular formula is C29H32N6O2. The van der Waals surface area contributed by atoms with Crippen molar-refractivity contribution in [1.82, 2.24) is 24.6 Å². The summed E-state index contributed by atoms with van der Waals surface area (Å²) >= 11 is 0. The van der Waals surface area contributed by atoms with E-state index in [1.165, 1.54) is 0 Å². The fourth-order valence-corrected chi connectivity index (χ4v) is 5.02. The first kappa shape index (κ1) is 24.6. The second-order valence-corrected chi connectivity index (χ2v) is 9.13. The maximum absolute atomic E-state index is 14.1. The molecule has 0 radical (unpaired) electrons. The minimum atomic E-state index is -0.265. The second-order valence-electron chi connectivity index (χ2n) is 9.13. The van der Waals surface area contributed by atoms with E-state index in [1.54, 1.807) is 15.8 Å². The van der Waals surface area contributed by atoms with Crippen LogP contribution in [0.25, 0.3) is 16.6 Å². The average molecular weight is 497 g/mol. The number of benzene rings is 2. The standard InChI is InChI=1S/C29H32N6O2/c1-4-33-17-16-25-23(19-33)26(21-14-10-11-15-24(21)31-25)28(36)32-27-22(29(37)34(5-2)6-3)18-30-35(27)20-12-8-7-9-13-20/h7-15,18H,4-6,16-17,19H2,1-3H3,(H,32,36). The fraction of sp³-hybridized carbons (Fsp3) is 0.310. The van der Waals surface area contributed by atoms with E-state index in [-0.39, 0.29) is 11.8 Å². The number of hydrogen-bond donors (Lipinski definition) is 1. The average Bonchev–Trinajstić information content (AvgIpc) is 3.35. The van der Waals surface area contributed by atoms with E-state index in [2.05, 4.69) is 22.2 Å². The monoisotopic (exact) mass is 496 g/mol. The molecule has 37 heavy (non-hydrogen) atoms. The Balaban J connectivity index is 1.64. The number of hydrogen-bond acceptors (Lipinski definition) is 5. The summed E-state index contributed by atoms with van der Waals surface area (Å²) in [5.74, 6) is -0.0637. The molecule has 1 N–H and O–H groups in total. The number of nitrogens with one attached hydrogen (secondary N) is 1. The van der Waals surface area contributed by atoms with Gasteiger partial charge in [-0.05, 0) is 38.6 Å². The number of carbonyl (C=O) groups excluding carboxylic acids is 2. The lowest BCUT2D eigenvalue weighted by atomic mass is 9.95. The van der Waals surface area contributed by atoms with Gasteiger partial charge < -0.3 is 10.2 Å². The Labute approximate surface area is 216 Å². The number of anilines is 1. The zero-order valence-corrected chi connectivity index (χ0v) is 21.6. The molecule has 8 heteroatoms. The van der Waals surface area contributed by atoms with Crippen molar-refractivity contribution in [1.29, 1.82) is 0 Å². The summed E-state index contributed by atoms with van der Waals surface area (Å²) in [5.41, 5.74) is 4.45. The van der Waals surface area contributed by atoms with Gasteiger partial charge in [-0.3, -0.25) is 19.5 Å². The molecule has 0 spiro atoms. The van der Waals surface area contributed by atoms with Gasteiger partial charge in [0.05, 0.1) is 23.0 Å². The molecule has 2 amide bonds. The molecule has 190 valence electrons. The molecule has 1 aliphatic heterocycles. The lowest BCUT2D eigenvalue weighted by Gasteiger charge is -2.29. The fourth-order valence-electron chi connectivity index (χ4n) is 5.02. The molecular weight excluding hydrogens is 464 g/mol. The summed E-state index contributed by atoms with van der Waals surface area (Å²) in [7, 11) is 0. The van der Waals surface area contributed by atoms with E-state index in [4.69, 9.17) is 4.98 Å². The normalized spacial score (nSPS) is 13.4. The quantitative estimate of drug-likeness (QED) is 0.406. The SMILES string of the molecule is CCN1CCc2nc3ccccc3c(C(=O)Nc3c(C(=O)N(CC)CC)cnn3-c3ccccc3)c2C1. The number of likely N-dealkylation sites (N-methyl/N-ethyl adjacent to an activating group) is 1. The van der Waals surface area contributed by atoms with E-state index < -0.39 is 0 Å². The van der Waals surface area contributed by atoms with Crippen LogP contribution in [0, 0.1) is 0 Å². The zero-order chi connectivity index (χ0) is 25.9. The van der Waals surface area contributed by atoms with Crippen molar-refractivity contribution in [3.8, 4) is 5.69 Å². The van der Waals surface area contributed by atoms with E-state index in [9.17, 15) is 9.59 Å². The molecule has 0 fully saturated rings. The van der Waals surface area contributed by atoms with Gasteiger partial charge in [0.15, 0.2) is 0 Å². The van der Waals surface area contributed by atoms with Gasteiger partial charge in [-0.2, -0.15) is 5.10 Å². The van der Waals surface area contributed by atoms with Crippen LogP contribution in [0.15, 0.2) is 60.8 Å². The zero-order valence-electron chi connectivity index (χ0n) is 21.6. The van der Waals surface area contributed by atoms with Crippen LogP contribution < -0.4 is 5.32 Å². The van der Waals surface area contributed by atoms with Crippen molar-refractivity contribution in [2.75, 3.05) is 31.5 Å². The predicted octanol–water partition coefficient (Wildman–Crippen LogP) is 4.53. The Morgan fingerprint density at radius 2 is 1.73 bits per heavy atom. The van der Waals surface area contributed by atoms with E-state index in [0.29, 0.717) is 36.6 Å². The summed E-state index contributed by atoms with van der Waals surface area (Å²) in [6.45, 7) is 9.61. The number of amides is 2. The Morgan fingerprint density at radius 1 is 1.00 bits per heavy atom. The number of nitrogens with zero attached hydrogens (tertiary/aromatic N) is 5. The summed E-state index contributed by atoms with van der Waals surface area (Å²) in [6.07, 6.45) is 2.34. The predicted molar refractivity (Wildman–Crippen MR) is 145 cm³/mol. The molecule has 5 rings (SSSR count). The number of para-hydroxylation sites is 2. The first-order chi connectivity index (χ1) is 18.0. The maximum atomic E-state index is 14.1. The summed E-state index contributed by atoms with van der Waals surface area (Å²) in [5, 5.41) is 8.42. The second kappa shape index (κ2) is 10.5. The topological polar surface area (TPSA) is 83.4 Å². The van der Waals surface area contributed by atoms with Crippen LogP contribution in [-0.2, 0) is 13.0 Å². The molecule has 2 aromatic carbocycles. The molecule has 2 aromatic heterocycles. The molecule has 0 aliphatic carbocycles. The number of rotatable bonds is 7. The molecule has 1 aliphatic rings. The summed E-state index contributed by atoms with van der Waals surface area (Å²) < 4.78 is 1.63. The van der Waals surface area contributed by atoms with Crippen molar-refractivity contribution in [3.05, 3.63) is 83.2 Å². The van der Waals surface area contributed by atoms with Crippen molar-refractivity contribution in [3.63, 3.8) is 0 Å². The first-order valence-corrected chi connectivity index (χ1v) is 12.9. The molecule has 0 bridgehead atoms. The summed E-state index contributed by atoms with van der Waals surface area (Å²) in [6, 6.07) is 17.3. The van der Waals surface area contributed by atoms with Crippen molar-refractivity contribution in [2.45, 2.75) is 33.7 Å². The van der Waals surface area contributed by atoms with Gasteiger partial charge in [-0.1, -0.05) is 43.3 Å². The van der Waals surface area contributed by atoms with Crippen LogP contribution in [0.2, 0.25) is 0 Å². The van der Waals surface area contributed by atoms with Gasteiger partial charge in [0.25, 0.3) is 11.8 Å². The molecule has 8 nitrogen and oxygen atoms in total. The van der Waals surface area contributed by atoms with E-state index >= 15 is 0 Å². The van der Waals surface area contributed by atoms with Crippen molar-refractivity contribution < 1.29 is 9.59 Å². The highest BCUT2D eigenvalue weighted by Gasteiger charge is 2.28. The highest BCUT2D eigenvalue weighted by atomic mass is 16.2. The Morgan fingerprint density at radius 3 is 2.46 bits per heavy atom. The minimum absolute atomic E-state index is 0.166. The number of pyridine rings is 1. The molecule has 0 saturated carbocycles. The molecule has 3 heterocycles. The lowest BCUT2D eigenvalue weighted by molar-refractivity contribution is 0.0774. The van der Waals surface area contributed by atoms with Gasteiger partial charge in [0.2, 0.25) is 0 Å². The van der Waals surface area contributed by atoms with Crippen LogP contribution in [0.5, 0.6) is 0 Å². The van der Waals surface area contributed by atoms with Crippen molar-refractivity contribution in [2.24, 2.45) is 0 Å². The Kier molecular flexibility index (Phi) is 7.01. The van der Waals surface area contributed by atoms with Crippen molar-refractivity contribution >= 4 is 28.5 Å². The molecule has 4 aromatic rings. The van der Waals surface area contributed by atoms with Crippen LogP contribution >= 0.6 is 0 Å². The maximum Gasteiger partial charge on any atom is 0.259 e. The van der Waals surface area contributed by atoms with Gasteiger partial charge in [-0.15, -0.1) is 0 Å². The number of carbonyl (C=O) groups is 2. The third-order valence-electron chi connectivity index (χ3n) is 7.08. The van der Waals surface area contributed by atoms with Gasteiger partial charge in [0.1, 0.15) is 11.4 Å². The van der Waals surface area contributed by atoms with Crippen LogP contribution in [0.3, 0.4) is 0 Å². The minimum Gasteiger partial charge on any atom is -0.339 e. The van der Waals surface area contributed by atoms with E-state index in [1.807, 2.05) is 68.4 Å². The van der Waals surface area contributed by atoms with Crippen LogP contribution in [0.1, 0.15) is 52.7 Å². The van der Waals surface area contributed by atoms with Gasteiger partial charge in [-0.25, -0.2) is 4.68 Å². The number of aromatic nitrogens is 3. The van der Waals surface area contributed by atoms with Crippen LogP contribution in [-0.4, -0.2) is 62.6 Å². The molecule has 0 atom stereocenters. The smallest absolute Gasteiger partial charge is 0.259 e. The highest BCUT2D eigenvalue weighted by molar-refractivity contribution is 6.15. The highest BCUT2D eigenvalue weighted by Crippen LogP contribution is 2.30. The third kappa shape index (κ3) is 4.60. The van der Waals surface area contributed by atoms with Gasteiger partial charge in [0, 0.05) is 49.2 Å². The third-order valence-corrected chi connectivity index (χ3v) is 7.08. The largest absolute Gasteiger partial charge is 0.339 e.